The number of fused-ring (bicyclic) bond motifs is 1. The maximum absolute atomic E-state index is 9.50. The van der Waals surface area contributed by atoms with E-state index in [2.05, 4.69) is 9.88 Å². The van der Waals surface area contributed by atoms with Crippen molar-refractivity contribution in [3.63, 3.8) is 0 Å². The van der Waals surface area contributed by atoms with Gasteiger partial charge in [-0.2, -0.15) is 0 Å². The predicted octanol–water partition coefficient (Wildman–Crippen LogP) is 2.78. The quantitative estimate of drug-likeness (QED) is 0.876. The normalized spacial score (nSPS) is 18.6. The highest BCUT2D eigenvalue weighted by molar-refractivity contribution is 6.36. The molecule has 0 amide bonds. The van der Waals surface area contributed by atoms with Crippen LogP contribution in [0.1, 0.15) is 18.5 Å². The Labute approximate surface area is 111 Å². The van der Waals surface area contributed by atoms with Gasteiger partial charge in [-0.15, -0.1) is 0 Å². The number of piperidine rings is 1. The van der Waals surface area contributed by atoms with Crippen molar-refractivity contribution in [1.82, 2.24) is 9.88 Å². The number of benzene rings is 1. The first-order valence-corrected chi connectivity index (χ1v) is 6.77. The van der Waals surface area contributed by atoms with Gasteiger partial charge in [-0.3, -0.25) is 4.90 Å². The van der Waals surface area contributed by atoms with Gasteiger partial charge in [0.25, 0.3) is 0 Å². The van der Waals surface area contributed by atoms with Gasteiger partial charge in [-0.05, 0) is 18.9 Å². The lowest BCUT2D eigenvalue weighted by molar-refractivity contribution is 0.0788. The second kappa shape index (κ2) is 4.92. The fourth-order valence-corrected chi connectivity index (χ4v) is 2.85. The van der Waals surface area contributed by atoms with Crippen molar-refractivity contribution in [1.29, 1.82) is 0 Å². The van der Waals surface area contributed by atoms with E-state index in [0.29, 0.717) is 0 Å². The lowest BCUT2D eigenvalue weighted by Gasteiger charge is -2.29. The van der Waals surface area contributed by atoms with E-state index in [4.69, 9.17) is 11.6 Å². The summed E-state index contributed by atoms with van der Waals surface area (Å²) in [6.07, 6.45) is 1.59. The number of likely N-dealkylation sites (tertiary alicyclic amines) is 1. The number of halogens is 1. The van der Waals surface area contributed by atoms with E-state index >= 15 is 0 Å². The molecule has 4 heteroatoms. The SMILES string of the molecule is OC1CCN(Cc2[nH]c3ccccc3c2Cl)CC1. The Bertz CT molecular complexity index is 544. The minimum atomic E-state index is -0.126. The number of aromatic nitrogens is 1. The molecule has 0 radical (unpaired) electrons. The molecule has 1 aromatic heterocycles. The van der Waals surface area contributed by atoms with Gasteiger partial charge in [0.05, 0.1) is 11.1 Å². The van der Waals surface area contributed by atoms with E-state index in [1.807, 2.05) is 24.3 Å². The van der Waals surface area contributed by atoms with E-state index in [-0.39, 0.29) is 6.10 Å². The monoisotopic (exact) mass is 264 g/mol. The van der Waals surface area contributed by atoms with E-state index in [1.165, 1.54) is 0 Å². The minimum Gasteiger partial charge on any atom is -0.393 e. The lowest BCUT2D eigenvalue weighted by Crippen LogP contribution is -2.35. The second-order valence-electron chi connectivity index (χ2n) is 4.97. The zero-order chi connectivity index (χ0) is 12.5. The molecule has 3 nitrogen and oxygen atoms in total. The summed E-state index contributed by atoms with van der Waals surface area (Å²) in [5.74, 6) is 0. The minimum absolute atomic E-state index is 0.126. The summed E-state index contributed by atoms with van der Waals surface area (Å²) in [7, 11) is 0. The molecule has 18 heavy (non-hydrogen) atoms. The third kappa shape index (κ3) is 2.26. The van der Waals surface area contributed by atoms with Gasteiger partial charge in [0.2, 0.25) is 0 Å². The Morgan fingerprint density at radius 2 is 2.00 bits per heavy atom. The average molecular weight is 265 g/mol. The number of hydrogen-bond acceptors (Lipinski definition) is 2. The van der Waals surface area contributed by atoms with Crippen molar-refractivity contribution in [2.45, 2.75) is 25.5 Å². The van der Waals surface area contributed by atoms with Crippen molar-refractivity contribution in [2.24, 2.45) is 0 Å². The number of nitrogens with one attached hydrogen (secondary N) is 1. The molecular weight excluding hydrogens is 248 g/mol. The number of hydrogen-bond donors (Lipinski definition) is 2. The number of aliphatic hydroxyl groups is 1. The molecule has 2 N–H and O–H groups in total. The molecule has 3 rings (SSSR count). The molecular formula is C14H17ClN2O. The number of aliphatic hydroxyl groups excluding tert-OH is 1. The van der Waals surface area contributed by atoms with Gasteiger partial charge in [-0.25, -0.2) is 0 Å². The number of aromatic amines is 1. The predicted molar refractivity (Wildman–Crippen MR) is 73.8 cm³/mol. The number of nitrogens with zero attached hydrogens (tertiary/aromatic N) is 1. The molecule has 1 aliphatic rings. The molecule has 0 unspecified atom stereocenters. The van der Waals surface area contributed by atoms with E-state index in [1.54, 1.807) is 0 Å². The van der Waals surface area contributed by atoms with Crippen LogP contribution in [0.4, 0.5) is 0 Å². The Hall–Kier alpha value is -1.03. The molecule has 0 bridgehead atoms. The van der Waals surface area contributed by atoms with Gasteiger partial charge >= 0.3 is 0 Å². The van der Waals surface area contributed by atoms with Crippen LogP contribution in [0.3, 0.4) is 0 Å². The first-order valence-electron chi connectivity index (χ1n) is 6.39. The summed E-state index contributed by atoms with van der Waals surface area (Å²) in [4.78, 5) is 5.72. The van der Waals surface area contributed by atoms with Crippen LogP contribution < -0.4 is 0 Å². The summed E-state index contributed by atoms with van der Waals surface area (Å²) in [6.45, 7) is 2.71. The molecule has 0 saturated carbocycles. The van der Waals surface area contributed by atoms with Gasteiger partial charge in [0.15, 0.2) is 0 Å². The molecule has 1 fully saturated rings. The van der Waals surface area contributed by atoms with Gasteiger partial charge in [0, 0.05) is 36.2 Å². The van der Waals surface area contributed by atoms with Crippen molar-refractivity contribution < 1.29 is 5.11 Å². The topological polar surface area (TPSA) is 39.3 Å². The van der Waals surface area contributed by atoms with Crippen LogP contribution in [0.25, 0.3) is 10.9 Å². The third-order valence-corrected chi connectivity index (χ3v) is 4.08. The largest absolute Gasteiger partial charge is 0.393 e. The number of rotatable bonds is 2. The third-order valence-electron chi connectivity index (χ3n) is 3.65. The van der Waals surface area contributed by atoms with Crippen LogP contribution in [0.2, 0.25) is 5.02 Å². The zero-order valence-corrected chi connectivity index (χ0v) is 11.0. The van der Waals surface area contributed by atoms with E-state index < -0.39 is 0 Å². The van der Waals surface area contributed by atoms with Gasteiger partial charge in [0.1, 0.15) is 0 Å². The van der Waals surface area contributed by atoms with E-state index in [0.717, 1.165) is 54.1 Å². The van der Waals surface area contributed by atoms with Crippen LogP contribution >= 0.6 is 11.6 Å². The highest BCUT2D eigenvalue weighted by atomic mass is 35.5. The van der Waals surface area contributed by atoms with Crippen LogP contribution in [0, 0.1) is 0 Å². The maximum Gasteiger partial charge on any atom is 0.0705 e. The molecule has 2 heterocycles. The smallest absolute Gasteiger partial charge is 0.0705 e. The molecule has 1 aliphatic heterocycles. The summed E-state index contributed by atoms with van der Waals surface area (Å²) in [6, 6.07) is 8.10. The summed E-state index contributed by atoms with van der Waals surface area (Å²) >= 11 is 6.40. The lowest BCUT2D eigenvalue weighted by atomic mass is 10.1. The van der Waals surface area contributed by atoms with Crippen LogP contribution in [-0.4, -0.2) is 34.2 Å². The first-order chi connectivity index (χ1) is 8.74. The second-order valence-corrected chi connectivity index (χ2v) is 5.35. The molecule has 0 atom stereocenters. The Balaban J connectivity index is 1.80. The molecule has 1 aromatic carbocycles. The Morgan fingerprint density at radius 3 is 2.72 bits per heavy atom. The molecule has 2 aromatic rings. The number of para-hydroxylation sites is 1. The van der Waals surface area contributed by atoms with Crippen molar-refractivity contribution in [3.8, 4) is 0 Å². The fourth-order valence-electron chi connectivity index (χ4n) is 2.57. The van der Waals surface area contributed by atoms with Gasteiger partial charge in [-0.1, -0.05) is 29.8 Å². The number of H-pyrrole nitrogens is 1. The van der Waals surface area contributed by atoms with Crippen LogP contribution in [0.15, 0.2) is 24.3 Å². The highest BCUT2D eigenvalue weighted by Crippen LogP contribution is 2.28. The molecule has 1 saturated heterocycles. The fraction of sp³-hybridized carbons (Fsp3) is 0.429. The zero-order valence-electron chi connectivity index (χ0n) is 10.2. The average Bonchev–Trinajstić information content (AvgIpc) is 2.70. The van der Waals surface area contributed by atoms with Crippen molar-refractivity contribution in [2.75, 3.05) is 13.1 Å². The van der Waals surface area contributed by atoms with Crippen LogP contribution in [0.5, 0.6) is 0 Å². The standard InChI is InChI=1S/C14H17ClN2O/c15-14-11-3-1-2-4-12(11)16-13(14)9-17-7-5-10(18)6-8-17/h1-4,10,16,18H,5-9H2. The first kappa shape index (κ1) is 12.0. The molecule has 0 spiro atoms. The highest BCUT2D eigenvalue weighted by Gasteiger charge is 2.19. The molecule has 96 valence electrons. The Kier molecular flexibility index (Phi) is 3.29. The van der Waals surface area contributed by atoms with Crippen LogP contribution in [-0.2, 0) is 6.54 Å². The van der Waals surface area contributed by atoms with Crippen molar-refractivity contribution in [3.05, 3.63) is 35.0 Å². The molecule has 0 aliphatic carbocycles. The van der Waals surface area contributed by atoms with Gasteiger partial charge < -0.3 is 10.1 Å². The summed E-state index contributed by atoms with van der Waals surface area (Å²) in [5.41, 5.74) is 2.17. The van der Waals surface area contributed by atoms with E-state index in [9.17, 15) is 5.11 Å². The summed E-state index contributed by atoms with van der Waals surface area (Å²) < 4.78 is 0. The summed E-state index contributed by atoms with van der Waals surface area (Å²) in [5, 5.41) is 11.4. The maximum atomic E-state index is 9.50. The Morgan fingerprint density at radius 1 is 1.28 bits per heavy atom. The van der Waals surface area contributed by atoms with Crippen molar-refractivity contribution >= 4 is 22.5 Å².